The van der Waals surface area contributed by atoms with Gasteiger partial charge in [0, 0.05) is 3.57 Å². The van der Waals surface area contributed by atoms with Crippen molar-refractivity contribution in [3.8, 4) is 0 Å². The Hall–Kier alpha value is -0.0900. The van der Waals surface area contributed by atoms with Crippen molar-refractivity contribution >= 4 is 22.6 Å². The van der Waals surface area contributed by atoms with E-state index in [1.54, 1.807) is 0 Å². The van der Waals surface area contributed by atoms with Crippen LogP contribution >= 0.6 is 22.6 Å². The Kier molecular flexibility index (Phi) is 3.08. The first-order valence-corrected chi connectivity index (χ1v) is 6.49. The Morgan fingerprint density at radius 2 is 1.93 bits per heavy atom. The highest BCUT2D eigenvalue weighted by Crippen LogP contribution is 2.53. The summed E-state index contributed by atoms with van der Waals surface area (Å²) in [6.45, 7) is 4.46. The number of hydrogen-bond acceptors (Lipinski definition) is 1. The number of aliphatic hydroxyl groups is 1. The van der Waals surface area contributed by atoms with Gasteiger partial charge >= 0.3 is 0 Å². The summed E-state index contributed by atoms with van der Waals surface area (Å²) >= 11 is 2.30. The minimum absolute atomic E-state index is 0.167. The van der Waals surface area contributed by atoms with Crippen LogP contribution in [0.4, 0.5) is 0 Å². The largest absolute Gasteiger partial charge is 0.392 e. The summed E-state index contributed by atoms with van der Waals surface area (Å²) in [7, 11) is 0. The highest BCUT2D eigenvalue weighted by atomic mass is 127. The highest BCUT2D eigenvalue weighted by molar-refractivity contribution is 14.1. The molecule has 1 nitrogen and oxygen atoms in total. The van der Waals surface area contributed by atoms with Crippen LogP contribution < -0.4 is 0 Å². The van der Waals surface area contributed by atoms with Gasteiger partial charge in [0.1, 0.15) is 0 Å². The number of benzene rings is 1. The molecule has 0 spiro atoms. The van der Waals surface area contributed by atoms with Gasteiger partial charge in [0.05, 0.1) is 6.10 Å². The number of rotatable bonds is 3. The van der Waals surface area contributed by atoms with Crippen molar-refractivity contribution in [2.75, 3.05) is 0 Å². The van der Waals surface area contributed by atoms with Gasteiger partial charge in [-0.2, -0.15) is 0 Å². The summed E-state index contributed by atoms with van der Waals surface area (Å²) < 4.78 is 1.25. The van der Waals surface area contributed by atoms with E-state index in [1.807, 2.05) is 0 Å². The molecule has 1 N–H and O–H groups in total. The Morgan fingerprint density at radius 3 is 2.40 bits per heavy atom. The first-order chi connectivity index (χ1) is 6.99. The Labute approximate surface area is 105 Å². The zero-order valence-electron chi connectivity index (χ0n) is 9.20. The maximum atomic E-state index is 10.0. The third kappa shape index (κ3) is 2.72. The van der Waals surface area contributed by atoms with Gasteiger partial charge < -0.3 is 5.11 Å². The molecule has 0 saturated heterocycles. The van der Waals surface area contributed by atoms with E-state index in [0.717, 1.165) is 6.42 Å². The van der Waals surface area contributed by atoms with Gasteiger partial charge in [-0.1, -0.05) is 26.0 Å². The van der Waals surface area contributed by atoms with E-state index in [1.165, 1.54) is 15.6 Å². The number of aliphatic hydroxyl groups excluding tert-OH is 1. The predicted octanol–water partition coefficient (Wildman–Crippen LogP) is 3.24. The fourth-order valence-corrected chi connectivity index (χ4v) is 2.53. The predicted molar refractivity (Wildman–Crippen MR) is 70.8 cm³/mol. The van der Waals surface area contributed by atoms with Crippen LogP contribution in [-0.4, -0.2) is 11.2 Å². The van der Waals surface area contributed by atoms with Crippen LogP contribution in [0.1, 0.15) is 25.8 Å². The van der Waals surface area contributed by atoms with Crippen LogP contribution in [-0.2, 0) is 6.42 Å². The molecule has 2 rings (SSSR count). The van der Waals surface area contributed by atoms with Crippen LogP contribution in [0.3, 0.4) is 0 Å². The van der Waals surface area contributed by atoms with Crippen molar-refractivity contribution < 1.29 is 5.11 Å². The minimum atomic E-state index is -0.167. The third-order valence-corrected chi connectivity index (χ3v) is 4.13. The van der Waals surface area contributed by atoms with Crippen molar-refractivity contribution in [1.29, 1.82) is 0 Å². The fraction of sp³-hybridized carbons (Fsp3) is 0.538. The summed E-state index contributed by atoms with van der Waals surface area (Å²) in [6, 6.07) is 8.42. The molecule has 82 valence electrons. The SMILES string of the molecule is CC1(C)CC1C(O)Cc1ccc(I)cc1. The second kappa shape index (κ2) is 4.06. The third-order valence-electron chi connectivity index (χ3n) is 3.41. The molecule has 2 atom stereocenters. The summed E-state index contributed by atoms with van der Waals surface area (Å²) in [6.07, 6.45) is 1.80. The van der Waals surface area contributed by atoms with Gasteiger partial charge in [-0.25, -0.2) is 0 Å². The second-order valence-electron chi connectivity index (χ2n) is 5.20. The van der Waals surface area contributed by atoms with Gasteiger partial charge in [0.25, 0.3) is 0 Å². The van der Waals surface area contributed by atoms with Crippen LogP contribution in [0, 0.1) is 14.9 Å². The smallest absolute Gasteiger partial charge is 0.0614 e. The molecule has 1 aliphatic carbocycles. The monoisotopic (exact) mass is 316 g/mol. The molecular weight excluding hydrogens is 299 g/mol. The molecule has 2 unspecified atom stereocenters. The zero-order chi connectivity index (χ0) is 11.1. The topological polar surface area (TPSA) is 20.2 Å². The maximum absolute atomic E-state index is 10.0. The molecule has 2 heteroatoms. The van der Waals surface area contributed by atoms with E-state index in [2.05, 4.69) is 60.7 Å². The van der Waals surface area contributed by atoms with Gasteiger partial charge in [0.2, 0.25) is 0 Å². The van der Waals surface area contributed by atoms with Crippen LogP contribution in [0.2, 0.25) is 0 Å². The first-order valence-electron chi connectivity index (χ1n) is 5.41. The Morgan fingerprint density at radius 1 is 1.40 bits per heavy atom. The molecule has 0 radical (unpaired) electrons. The molecule has 1 aromatic rings. The molecular formula is C13H17IO. The molecule has 1 saturated carbocycles. The number of hydrogen-bond donors (Lipinski definition) is 1. The van der Waals surface area contributed by atoms with E-state index in [4.69, 9.17) is 0 Å². The lowest BCUT2D eigenvalue weighted by Gasteiger charge is -2.12. The molecule has 15 heavy (non-hydrogen) atoms. The highest BCUT2D eigenvalue weighted by Gasteiger charge is 2.49. The van der Waals surface area contributed by atoms with E-state index in [0.29, 0.717) is 11.3 Å². The molecule has 0 amide bonds. The standard InChI is InChI=1S/C13H17IO/c1-13(2)8-11(13)12(15)7-9-3-5-10(14)6-4-9/h3-6,11-12,15H,7-8H2,1-2H3. The van der Waals surface area contributed by atoms with Crippen LogP contribution in [0.15, 0.2) is 24.3 Å². The Bertz CT molecular complexity index is 342. The maximum Gasteiger partial charge on any atom is 0.0614 e. The number of halogens is 1. The lowest BCUT2D eigenvalue weighted by molar-refractivity contribution is 0.137. The van der Waals surface area contributed by atoms with Crippen molar-refractivity contribution in [2.24, 2.45) is 11.3 Å². The van der Waals surface area contributed by atoms with Crippen molar-refractivity contribution in [3.05, 3.63) is 33.4 Å². The Balaban J connectivity index is 1.95. The average Bonchev–Trinajstić information content (AvgIpc) is 2.79. The lowest BCUT2D eigenvalue weighted by atomic mass is 10.00. The lowest BCUT2D eigenvalue weighted by Crippen LogP contribution is -2.16. The molecule has 0 aliphatic heterocycles. The van der Waals surface area contributed by atoms with Gasteiger partial charge in [-0.3, -0.25) is 0 Å². The summed E-state index contributed by atoms with van der Waals surface area (Å²) in [5.41, 5.74) is 1.61. The van der Waals surface area contributed by atoms with Crippen molar-refractivity contribution in [3.63, 3.8) is 0 Å². The quantitative estimate of drug-likeness (QED) is 0.849. The molecule has 1 aromatic carbocycles. The average molecular weight is 316 g/mol. The molecule has 0 aromatic heterocycles. The van der Waals surface area contributed by atoms with Crippen molar-refractivity contribution in [2.45, 2.75) is 32.8 Å². The van der Waals surface area contributed by atoms with E-state index < -0.39 is 0 Å². The van der Waals surface area contributed by atoms with E-state index in [9.17, 15) is 5.11 Å². The summed E-state index contributed by atoms with van der Waals surface area (Å²) in [5, 5.41) is 10.0. The summed E-state index contributed by atoms with van der Waals surface area (Å²) in [4.78, 5) is 0. The fourth-order valence-electron chi connectivity index (χ4n) is 2.17. The second-order valence-corrected chi connectivity index (χ2v) is 6.44. The van der Waals surface area contributed by atoms with Gasteiger partial charge in [-0.15, -0.1) is 0 Å². The minimum Gasteiger partial charge on any atom is -0.392 e. The molecule has 1 aliphatic rings. The van der Waals surface area contributed by atoms with E-state index in [-0.39, 0.29) is 6.10 Å². The van der Waals surface area contributed by atoms with E-state index >= 15 is 0 Å². The van der Waals surface area contributed by atoms with Crippen molar-refractivity contribution in [1.82, 2.24) is 0 Å². The van der Waals surface area contributed by atoms with Crippen LogP contribution in [0.5, 0.6) is 0 Å². The molecule has 0 heterocycles. The van der Waals surface area contributed by atoms with Crippen LogP contribution in [0.25, 0.3) is 0 Å². The molecule has 0 bridgehead atoms. The zero-order valence-corrected chi connectivity index (χ0v) is 11.4. The van der Waals surface area contributed by atoms with Gasteiger partial charge in [0.15, 0.2) is 0 Å². The van der Waals surface area contributed by atoms with Gasteiger partial charge in [-0.05, 0) is 64.5 Å². The summed E-state index contributed by atoms with van der Waals surface area (Å²) in [5.74, 6) is 0.497. The first kappa shape index (κ1) is 11.4. The molecule has 1 fully saturated rings. The normalized spacial score (nSPS) is 24.9.